The van der Waals surface area contributed by atoms with Gasteiger partial charge in [-0.1, -0.05) is 194 Å². The van der Waals surface area contributed by atoms with Gasteiger partial charge in [-0.2, -0.15) is 0 Å². The Morgan fingerprint density at radius 1 is 0.172 bits per heavy atom. The molecular weight excluding hydrogens is 775 g/mol. The van der Waals surface area contributed by atoms with Gasteiger partial charge in [0.2, 0.25) is 0 Å². The monoisotopic (exact) mass is 813 g/mol. The summed E-state index contributed by atoms with van der Waals surface area (Å²) in [6, 6.07) is 84.3. The zero-order valence-electron chi connectivity index (χ0n) is 34.9. The maximum Gasteiger partial charge on any atom is 0.160 e. The lowest BCUT2D eigenvalue weighted by atomic mass is 9.96. The smallest absolute Gasteiger partial charge is 0.160 e. The largest absolute Gasteiger partial charge is 0.248 e. The Hall–Kier alpha value is -8.53. The Morgan fingerprint density at radius 2 is 0.469 bits per heavy atom. The van der Waals surface area contributed by atoms with E-state index in [1.54, 1.807) is 0 Å². The molecule has 0 aliphatic carbocycles. The molecule has 0 atom stereocenters. The fourth-order valence-electron chi connectivity index (χ4n) is 8.93. The molecule has 3 nitrogen and oxygen atoms in total. The van der Waals surface area contributed by atoms with Crippen molar-refractivity contribution < 1.29 is 0 Å². The highest BCUT2D eigenvalue weighted by Gasteiger charge is 2.14. The molecule has 0 aliphatic heterocycles. The number of benzene rings is 10. The van der Waals surface area contributed by atoms with Crippen molar-refractivity contribution in [2.75, 3.05) is 0 Å². The Balaban J connectivity index is 0.894. The van der Waals surface area contributed by atoms with Crippen LogP contribution in [0.2, 0.25) is 0 Å². The Labute approximate surface area is 371 Å². The molecule has 12 rings (SSSR count). The molecule has 298 valence electrons. The molecule has 0 fully saturated rings. The van der Waals surface area contributed by atoms with E-state index in [2.05, 4.69) is 237 Å². The summed E-state index contributed by atoms with van der Waals surface area (Å²) in [6.07, 6.45) is 0. The zero-order valence-corrected chi connectivity index (χ0v) is 34.9. The first-order chi connectivity index (χ1) is 31.6. The summed E-state index contributed by atoms with van der Waals surface area (Å²) in [5.74, 6) is 0.690. The molecule has 0 N–H and O–H groups in total. The molecule has 0 amide bonds. The molecule has 3 heteroatoms. The first kappa shape index (κ1) is 37.2. The fourth-order valence-corrected chi connectivity index (χ4v) is 8.93. The van der Waals surface area contributed by atoms with Gasteiger partial charge in [-0.05, 0) is 108 Å². The summed E-state index contributed by atoms with van der Waals surface area (Å²) in [7, 11) is 0. The predicted octanol–water partition coefficient (Wildman–Crippen LogP) is 16.2. The highest BCUT2D eigenvalue weighted by molar-refractivity contribution is 5.92. The van der Waals surface area contributed by atoms with Gasteiger partial charge in [0.1, 0.15) is 0 Å². The lowest BCUT2D eigenvalue weighted by molar-refractivity contribution is 1.18. The molecule has 0 bridgehead atoms. The van der Waals surface area contributed by atoms with Crippen LogP contribution >= 0.6 is 0 Å². The van der Waals surface area contributed by atoms with Crippen molar-refractivity contribution in [2.24, 2.45) is 0 Å². The summed E-state index contributed by atoms with van der Waals surface area (Å²) in [5.41, 5.74) is 13.4. The van der Waals surface area contributed by atoms with Crippen LogP contribution in [0.25, 0.3) is 122 Å². The standard InChI is InChI=1S/C61H39N3/c1-5-13-48-33-52(29-21-40(48)9-1)56-37-57(62-58(38-56)53-30-22-41-10-2-6-14-49(41)34-53)46-25-17-44(18-26-46)45-19-27-47(28-20-45)61-63-59(54-31-23-42-11-3-7-15-50(42)35-54)39-60(64-61)55-32-24-43-12-4-8-16-51(43)36-55/h1-39H. The molecule has 0 unspecified atom stereocenters. The molecule has 10 aromatic carbocycles. The number of hydrogen-bond donors (Lipinski definition) is 0. The summed E-state index contributed by atoms with van der Waals surface area (Å²) in [5, 5.41) is 9.63. The van der Waals surface area contributed by atoms with E-state index < -0.39 is 0 Å². The Bertz CT molecular complexity index is 3280. The average Bonchev–Trinajstić information content (AvgIpc) is 3.38. The van der Waals surface area contributed by atoms with E-state index in [-0.39, 0.29) is 0 Å². The van der Waals surface area contributed by atoms with Crippen LogP contribution in [0.1, 0.15) is 0 Å². The Kier molecular flexibility index (Phi) is 9.16. The van der Waals surface area contributed by atoms with E-state index in [1.807, 2.05) is 0 Å². The molecule has 2 heterocycles. The van der Waals surface area contributed by atoms with Crippen molar-refractivity contribution in [1.29, 1.82) is 0 Å². The third-order valence-corrected chi connectivity index (χ3v) is 12.4. The Morgan fingerprint density at radius 3 is 0.891 bits per heavy atom. The van der Waals surface area contributed by atoms with Crippen molar-refractivity contribution >= 4 is 43.1 Å². The minimum Gasteiger partial charge on any atom is -0.248 e. The SMILES string of the molecule is c1ccc2cc(-c3cc(-c4ccc(-c5ccc(-c6nc(-c7ccc8ccccc8c7)cc(-c7ccc8ccccc8c7)n6)cc5)cc4)nc(-c4ccc5ccccc5c4)c3)ccc2c1. The highest BCUT2D eigenvalue weighted by atomic mass is 14.9. The zero-order chi connectivity index (χ0) is 42.4. The lowest BCUT2D eigenvalue weighted by Crippen LogP contribution is -1.96. The van der Waals surface area contributed by atoms with Gasteiger partial charge in [0.05, 0.1) is 22.8 Å². The van der Waals surface area contributed by atoms with Crippen LogP contribution in [0, 0.1) is 0 Å². The first-order valence-electron chi connectivity index (χ1n) is 21.7. The van der Waals surface area contributed by atoms with E-state index in [0.29, 0.717) is 5.82 Å². The van der Waals surface area contributed by atoms with Crippen molar-refractivity contribution in [1.82, 2.24) is 15.0 Å². The molecule has 0 saturated heterocycles. The molecule has 0 saturated carbocycles. The maximum atomic E-state index is 5.29. The summed E-state index contributed by atoms with van der Waals surface area (Å²) in [6.45, 7) is 0. The number of hydrogen-bond acceptors (Lipinski definition) is 3. The second-order valence-electron chi connectivity index (χ2n) is 16.5. The van der Waals surface area contributed by atoms with Gasteiger partial charge >= 0.3 is 0 Å². The van der Waals surface area contributed by atoms with Gasteiger partial charge < -0.3 is 0 Å². The van der Waals surface area contributed by atoms with Crippen molar-refractivity contribution in [3.8, 4) is 78.7 Å². The number of fused-ring (bicyclic) bond motifs is 4. The quantitative estimate of drug-likeness (QED) is 0.161. The minimum atomic E-state index is 0.690. The topological polar surface area (TPSA) is 38.7 Å². The van der Waals surface area contributed by atoms with Crippen LogP contribution in [0.3, 0.4) is 0 Å². The second-order valence-corrected chi connectivity index (χ2v) is 16.5. The van der Waals surface area contributed by atoms with Gasteiger partial charge in [0, 0.05) is 27.8 Å². The number of nitrogens with zero attached hydrogens (tertiary/aromatic N) is 3. The number of rotatable bonds is 7. The molecule has 0 radical (unpaired) electrons. The van der Waals surface area contributed by atoms with Gasteiger partial charge in [-0.3, -0.25) is 0 Å². The van der Waals surface area contributed by atoms with Crippen LogP contribution in [0.4, 0.5) is 0 Å². The maximum absolute atomic E-state index is 5.29. The fraction of sp³-hybridized carbons (Fsp3) is 0. The second kappa shape index (κ2) is 15.7. The first-order valence-corrected chi connectivity index (χ1v) is 21.7. The minimum absolute atomic E-state index is 0.690. The van der Waals surface area contributed by atoms with Crippen LogP contribution < -0.4 is 0 Å². The summed E-state index contributed by atoms with van der Waals surface area (Å²) in [4.78, 5) is 15.7. The van der Waals surface area contributed by atoms with Gasteiger partial charge in [0.15, 0.2) is 5.82 Å². The molecule has 0 spiro atoms. The van der Waals surface area contributed by atoms with E-state index in [1.165, 1.54) is 43.1 Å². The number of pyridine rings is 1. The van der Waals surface area contributed by atoms with E-state index in [9.17, 15) is 0 Å². The van der Waals surface area contributed by atoms with Crippen LogP contribution in [-0.4, -0.2) is 15.0 Å². The van der Waals surface area contributed by atoms with Gasteiger partial charge in [-0.15, -0.1) is 0 Å². The third-order valence-electron chi connectivity index (χ3n) is 12.4. The van der Waals surface area contributed by atoms with Gasteiger partial charge in [0.25, 0.3) is 0 Å². The lowest BCUT2D eigenvalue weighted by Gasteiger charge is -2.12. The number of aromatic nitrogens is 3. The molecule has 0 aliphatic rings. The predicted molar refractivity (Wildman–Crippen MR) is 268 cm³/mol. The van der Waals surface area contributed by atoms with E-state index >= 15 is 0 Å². The van der Waals surface area contributed by atoms with Crippen molar-refractivity contribution in [2.45, 2.75) is 0 Å². The summed E-state index contributed by atoms with van der Waals surface area (Å²) >= 11 is 0. The molecule has 2 aromatic heterocycles. The van der Waals surface area contributed by atoms with Crippen molar-refractivity contribution in [3.05, 3.63) is 237 Å². The van der Waals surface area contributed by atoms with Crippen LogP contribution in [-0.2, 0) is 0 Å². The molecule has 12 aromatic rings. The van der Waals surface area contributed by atoms with Crippen LogP contribution in [0.5, 0.6) is 0 Å². The van der Waals surface area contributed by atoms with E-state index in [0.717, 1.165) is 72.8 Å². The third kappa shape index (κ3) is 7.15. The average molecular weight is 814 g/mol. The van der Waals surface area contributed by atoms with Gasteiger partial charge in [-0.25, -0.2) is 15.0 Å². The molecule has 64 heavy (non-hydrogen) atoms. The highest BCUT2D eigenvalue weighted by Crippen LogP contribution is 2.35. The summed E-state index contributed by atoms with van der Waals surface area (Å²) < 4.78 is 0. The molecular formula is C61H39N3. The van der Waals surface area contributed by atoms with E-state index in [4.69, 9.17) is 15.0 Å². The van der Waals surface area contributed by atoms with Crippen molar-refractivity contribution in [3.63, 3.8) is 0 Å². The normalized spacial score (nSPS) is 11.4. The van der Waals surface area contributed by atoms with Crippen LogP contribution in [0.15, 0.2) is 237 Å².